The average molecular weight is 504 g/mol. The number of fused-ring (bicyclic) bond motifs is 1. The molecule has 5 rings (SSSR count). The molecule has 0 unspecified atom stereocenters. The van der Waals surface area contributed by atoms with Crippen LogP contribution in [0.2, 0.25) is 0 Å². The van der Waals surface area contributed by atoms with E-state index in [9.17, 15) is 10.1 Å². The number of nitrogens with zero attached hydrogens (tertiary/aromatic N) is 5. The quantitative estimate of drug-likeness (QED) is 0.569. The largest absolute Gasteiger partial charge is 0.495 e. The van der Waals surface area contributed by atoms with Crippen molar-refractivity contribution in [1.29, 1.82) is 5.26 Å². The number of carbonyl (C=O) groups excluding carboxylic acids is 1. The van der Waals surface area contributed by atoms with E-state index in [1.165, 1.54) is 0 Å². The van der Waals surface area contributed by atoms with Gasteiger partial charge >= 0.3 is 0 Å². The van der Waals surface area contributed by atoms with E-state index >= 15 is 0 Å². The molecule has 2 aromatic heterocycles. The second kappa shape index (κ2) is 11.3. The maximum atomic E-state index is 13.3. The Morgan fingerprint density at radius 3 is 2.68 bits per heavy atom. The van der Waals surface area contributed by atoms with Crippen LogP contribution < -0.4 is 9.47 Å². The zero-order valence-electron chi connectivity index (χ0n) is 21.5. The number of aromatic nitrogens is 2. The Bertz CT molecular complexity index is 1220. The molecule has 0 radical (unpaired) electrons. The van der Waals surface area contributed by atoms with Gasteiger partial charge in [0.15, 0.2) is 0 Å². The number of allylic oxidation sites excluding steroid dienone is 2. The zero-order chi connectivity index (χ0) is 25.8. The molecule has 0 saturated carbocycles. The van der Waals surface area contributed by atoms with Crippen LogP contribution in [0.25, 0.3) is 5.57 Å². The minimum atomic E-state index is -0.0119. The third-order valence-electron chi connectivity index (χ3n) is 7.36. The second-order valence-electron chi connectivity index (χ2n) is 9.52. The smallest absolute Gasteiger partial charge is 0.255 e. The van der Waals surface area contributed by atoms with Crippen LogP contribution in [0.3, 0.4) is 0 Å². The number of piperidine rings is 1. The standard InChI is InChI=1S/C28H33N5O4/c1-3-37-26-16-21(31-23-5-4-19(17-29)27(23)26)15-24-25(35-2)14-20(18-30-24)28(34)33-8-6-22(7-9-33)32-10-12-36-13-11-32/h4,14,16,18,22H,3,5-13,15H2,1-2H3. The summed E-state index contributed by atoms with van der Waals surface area (Å²) in [6.45, 7) is 7.43. The van der Waals surface area contributed by atoms with E-state index < -0.39 is 0 Å². The maximum Gasteiger partial charge on any atom is 0.255 e. The van der Waals surface area contributed by atoms with Gasteiger partial charge in [0.2, 0.25) is 0 Å². The molecule has 0 N–H and O–H groups in total. The number of nitriles is 1. The zero-order valence-corrected chi connectivity index (χ0v) is 21.5. The Kier molecular flexibility index (Phi) is 7.68. The SMILES string of the molecule is CCOc1cc(Cc2ncc(C(=O)N3CCC(N4CCOCC4)CC3)cc2OC)nc2c1C(C#N)=CC2. The summed E-state index contributed by atoms with van der Waals surface area (Å²) < 4.78 is 16.9. The van der Waals surface area contributed by atoms with E-state index in [-0.39, 0.29) is 5.91 Å². The summed E-state index contributed by atoms with van der Waals surface area (Å²) in [5.74, 6) is 1.21. The fraction of sp³-hybridized carbons (Fsp3) is 0.500. The van der Waals surface area contributed by atoms with Gasteiger partial charge in [0.25, 0.3) is 5.91 Å². The van der Waals surface area contributed by atoms with Gasteiger partial charge in [-0.25, -0.2) is 0 Å². The minimum Gasteiger partial charge on any atom is -0.495 e. The minimum absolute atomic E-state index is 0.0119. The molecule has 3 aliphatic rings. The third kappa shape index (κ3) is 5.31. The molecular weight excluding hydrogens is 470 g/mol. The van der Waals surface area contributed by atoms with Gasteiger partial charge in [-0.2, -0.15) is 5.26 Å². The van der Waals surface area contributed by atoms with Gasteiger partial charge in [-0.05, 0) is 25.8 Å². The van der Waals surface area contributed by atoms with Gasteiger partial charge < -0.3 is 19.1 Å². The summed E-state index contributed by atoms with van der Waals surface area (Å²) in [7, 11) is 1.59. The molecule has 0 bridgehead atoms. The van der Waals surface area contributed by atoms with Gasteiger partial charge in [-0.3, -0.25) is 19.7 Å². The lowest BCUT2D eigenvalue weighted by atomic mass is 10.0. The number of amides is 1. The predicted molar refractivity (Wildman–Crippen MR) is 138 cm³/mol. The number of likely N-dealkylation sites (tertiary alicyclic amines) is 1. The highest BCUT2D eigenvalue weighted by Crippen LogP contribution is 2.35. The van der Waals surface area contributed by atoms with Crippen LogP contribution in [0.4, 0.5) is 0 Å². The summed E-state index contributed by atoms with van der Waals surface area (Å²) in [5, 5.41) is 9.45. The van der Waals surface area contributed by atoms with Gasteiger partial charge in [-0.1, -0.05) is 6.08 Å². The summed E-state index contributed by atoms with van der Waals surface area (Å²) >= 11 is 0. The highest BCUT2D eigenvalue weighted by atomic mass is 16.5. The molecule has 2 fully saturated rings. The van der Waals surface area contributed by atoms with Crippen LogP contribution >= 0.6 is 0 Å². The number of methoxy groups -OCH3 is 1. The van der Waals surface area contributed by atoms with Gasteiger partial charge in [-0.15, -0.1) is 0 Å². The molecule has 0 spiro atoms. The Labute approximate surface area is 217 Å². The Hall–Kier alpha value is -3.48. The summed E-state index contributed by atoms with van der Waals surface area (Å²) in [5.41, 5.74) is 4.24. The molecule has 37 heavy (non-hydrogen) atoms. The van der Waals surface area contributed by atoms with Crippen molar-refractivity contribution in [3.63, 3.8) is 0 Å². The number of pyridine rings is 2. The van der Waals surface area contributed by atoms with E-state index in [4.69, 9.17) is 19.2 Å². The Morgan fingerprint density at radius 2 is 1.97 bits per heavy atom. The molecule has 194 valence electrons. The van der Waals surface area contributed by atoms with Crippen molar-refractivity contribution < 1.29 is 19.0 Å². The van der Waals surface area contributed by atoms with Crippen LogP contribution in [0.5, 0.6) is 11.5 Å². The highest BCUT2D eigenvalue weighted by molar-refractivity contribution is 5.94. The molecule has 9 nitrogen and oxygen atoms in total. The lowest BCUT2D eigenvalue weighted by molar-refractivity contribution is 0.00158. The molecule has 1 aliphatic carbocycles. The number of carbonyl (C=O) groups is 1. The molecule has 0 atom stereocenters. The monoisotopic (exact) mass is 503 g/mol. The van der Waals surface area contributed by atoms with E-state index in [0.717, 1.165) is 69.2 Å². The van der Waals surface area contributed by atoms with Crippen molar-refractivity contribution in [3.8, 4) is 17.6 Å². The second-order valence-corrected chi connectivity index (χ2v) is 9.52. The van der Waals surface area contributed by atoms with E-state index in [1.807, 2.05) is 24.0 Å². The predicted octanol–water partition coefficient (Wildman–Crippen LogP) is 2.87. The molecule has 9 heteroatoms. The van der Waals surface area contributed by atoms with E-state index in [0.29, 0.717) is 53.8 Å². The van der Waals surface area contributed by atoms with Crippen molar-refractivity contribution >= 4 is 11.5 Å². The van der Waals surface area contributed by atoms with Crippen LogP contribution in [0, 0.1) is 11.3 Å². The Balaban J connectivity index is 1.29. The number of rotatable bonds is 7. The average Bonchev–Trinajstić information content (AvgIpc) is 3.37. The molecule has 2 aliphatic heterocycles. The normalized spacial score (nSPS) is 18.2. The fourth-order valence-electron chi connectivity index (χ4n) is 5.46. The van der Waals surface area contributed by atoms with Gasteiger partial charge in [0, 0.05) is 57.3 Å². The number of hydrogen-bond donors (Lipinski definition) is 0. The fourth-order valence-corrected chi connectivity index (χ4v) is 5.46. The number of hydrogen-bond acceptors (Lipinski definition) is 8. The summed E-state index contributed by atoms with van der Waals surface area (Å²) in [4.78, 5) is 27.1. The molecule has 0 aromatic carbocycles. The number of morpholine rings is 1. The van der Waals surface area contributed by atoms with Gasteiger partial charge in [0.1, 0.15) is 11.5 Å². The van der Waals surface area contributed by atoms with Crippen molar-refractivity contribution in [2.75, 3.05) is 53.1 Å². The first-order valence-corrected chi connectivity index (χ1v) is 13.0. The van der Waals surface area contributed by atoms with Crippen molar-refractivity contribution in [2.24, 2.45) is 0 Å². The molecule has 2 saturated heterocycles. The summed E-state index contributed by atoms with van der Waals surface area (Å²) in [6.07, 6.45) is 6.50. The molecular formula is C28H33N5O4. The highest BCUT2D eigenvalue weighted by Gasteiger charge is 2.29. The first-order chi connectivity index (χ1) is 18.1. The van der Waals surface area contributed by atoms with Crippen LogP contribution in [-0.4, -0.2) is 84.8 Å². The van der Waals surface area contributed by atoms with E-state index in [1.54, 1.807) is 19.4 Å². The van der Waals surface area contributed by atoms with Crippen LogP contribution in [-0.2, 0) is 17.6 Å². The molecule has 2 aromatic rings. The lowest BCUT2D eigenvalue weighted by Crippen LogP contribution is -2.50. The molecule has 4 heterocycles. The Morgan fingerprint density at radius 1 is 1.19 bits per heavy atom. The number of ether oxygens (including phenoxy) is 3. The first kappa shape index (κ1) is 25.2. The van der Waals surface area contributed by atoms with Crippen molar-refractivity contribution in [3.05, 3.63) is 52.6 Å². The topological polar surface area (TPSA) is 101 Å². The van der Waals surface area contributed by atoms with Gasteiger partial charge in [0.05, 0.1) is 66.8 Å². The third-order valence-corrected chi connectivity index (χ3v) is 7.36. The maximum absolute atomic E-state index is 13.3. The molecule has 1 amide bonds. The first-order valence-electron chi connectivity index (χ1n) is 13.0. The van der Waals surface area contributed by atoms with Crippen molar-refractivity contribution in [2.45, 2.75) is 38.6 Å². The lowest BCUT2D eigenvalue weighted by Gasteiger charge is -2.40. The summed E-state index contributed by atoms with van der Waals surface area (Å²) in [6, 6.07) is 6.41. The van der Waals surface area contributed by atoms with E-state index in [2.05, 4.69) is 16.0 Å². The van der Waals surface area contributed by atoms with Crippen molar-refractivity contribution in [1.82, 2.24) is 19.8 Å². The van der Waals surface area contributed by atoms with Crippen LogP contribution in [0.15, 0.2) is 24.4 Å². The van der Waals surface area contributed by atoms with Crippen LogP contribution in [0.1, 0.15) is 52.8 Å².